The lowest BCUT2D eigenvalue weighted by molar-refractivity contribution is 0.623. The molecule has 0 aliphatic carbocycles. The molecule has 0 spiro atoms. The van der Waals surface area contributed by atoms with Gasteiger partial charge in [-0.05, 0) is 60.0 Å². The third-order valence-electron chi connectivity index (χ3n) is 3.07. The smallest absolute Gasteiger partial charge is 0.151 e. The van der Waals surface area contributed by atoms with Gasteiger partial charge in [-0.3, -0.25) is 0 Å². The molecule has 0 atom stereocenters. The molecule has 0 saturated heterocycles. The summed E-state index contributed by atoms with van der Waals surface area (Å²) in [5.41, 5.74) is 2.97. The second-order valence-electron chi connectivity index (χ2n) is 4.28. The fourth-order valence-electron chi connectivity index (χ4n) is 1.88. The lowest BCUT2D eigenvalue weighted by atomic mass is 10.0. The van der Waals surface area contributed by atoms with Crippen molar-refractivity contribution in [1.82, 2.24) is 10.2 Å². The number of benzene rings is 1. The van der Waals surface area contributed by atoms with Crippen LogP contribution in [-0.2, 0) is 0 Å². The van der Waals surface area contributed by atoms with Crippen LogP contribution in [0.2, 0.25) is 0 Å². The Morgan fingerprint density at radius 1 is 1.21 bits per heavy atom. The van der Waals surface area contributed by atoms with Crippen molar-refractivity contribution in [2.24, 2.45) is 0 Å². The van der Waals surface area contributed by atoms with Crippen LogP contribution in [-0.4, -0.2) is 16.7 Å². The molecule has 1 N–H and O–H groups in total. The second-order valence-corrected chi connectivity index (χ2v) is 5.13. The van der Waals surface area contributed by atoms with Gasteiger partial charge >= 0.3 is 0 Å². The summed E-state index contributed by atoms with van der Waals surface area (Å²) in [6, 6.07) is 5.17. The van der Waals surface area contributed by atoms with E-state index in [-0.39, 0.29) is 5.82 Å². The Morgan fingerprint density at radius 2 is 1.95 bits per heavy atom. The minimum Gasteiger partial charge on any atom is -0.369 e. The highest BCUT2D eigenvalue weighted by Crippen LogP contribution is 2.30. The number of nitrogens with zero attached hydrogens (tertiary/aromatic N) is 2. The first-order chi connectivity index (χ1) is 9.06. The van der Waals surface area contributed by atoms with Crippen molar-refractivity contribution in [1.29, 1.82) is 0 Å². The maximum atomic E-state index is 14.1. The molecule has 1 aromatic heterocycles. The van der Waals surface area contributed by atoms with Gasteiger partial charge < -0.3 is 5.32 Å². The number of hydrogen-bond acceptors (Lipinski definition) is 3. The Bertz CT molecular complexity index is 614. The molecule has 5 heteroatoms. The third-order valence-corrected chi connectivity index (χ3v) is 3.69. The van der Waals surface area contributed by atoms with Crippen LogP contribution in [0.3, 0.4) is 0 Å². The van der Waals surface area contributed by atoms with Gasteiger partial charge in [-0.2, -0.15) is 0 Å². The lowest BCUT2D eigenvalue weighted by Crippen LogP contribution is -2.06. The van der Waals surface area contributed by atoms with Gasteiger partial charge in [-0.1, -0.05) is 6.07 Å². The normalized spacial score (nSPS) is 10.6. The highest BCUT2D eigenvalue weighted by atomic mass is 79.9. The van der Waals surface area contributed by atoms with Crippen LogP contribution in [0.5, 0.6) is 0 Å². The van der Waals surface area contributed by atoms with Crippen LogP contribution >= 0.6 is 15.9 Å². The second kappa shape index (κ2) is 5.65. The standard InChI is InChI=1S/C14H15BrFN3/c1-4-17-14-9(3)8(2)13(18-19-14)10-6-5-7-11(15)12(10)16/h5-7H,4H2,1-3H3,(H,17,19). The molecule has 19 heavy (non-hydrogen) atoms. The van der Waals surface area contributed by atoms with E-state index in [4.69, 9.17) is 0 Å². The predicted molar refractivity (Wildman–Crippen MR) is 78.8 cm³/mol. The zero-order valence-electron chi connectivity index (χ0n) is 11.1. The van der Waals surface area contributed by atoms with Crippen LogP contribution in [0, 0.1) is 19.7 Å². The number of rotatable bonds is 3. The summed E-state index contributed by atoms with van der Waals surface area (Å²) in [6.07, 6.45) is 0. The number of anilines is 1. The van der Waals surface area contributed by atoms with Gasteiger partial charge in [0.15, 0.2) is 5.82 Å². The summed E-state index contributed by atoms with van der Waals surface area (Å²) < 4.78 is 14.5. The summed E-state index contributed by atoms with van der Waals surface area (Å²) >= 11 is 3.19. The summed E-state index contributed by atoms with van der Waals surface area (Å²) in [7, 11) is 0. The Labute approximate surface area is 120 Å². The largest absolute Gasteiger partial charge is 0.369 e. The fraction of sp³-hybridized carbons (Fsp3) is 0.286. The lowest BCUT2D eigenvalue weighted by Gasteiger charge is -2.12. The average molecular weight is 324 g/mol. The van der Waals surface area contributed by atoms with Crippen LogP contribution in [0.1, 0.15) is 18.1 Å². The van der Waals surface area contributed by atoms with Crippen molar-refractivity contribution < 1.29 is 4.39 Å². The molecule has 0 fully saturated rings. The Hall–Kier alpha value is -1.49. The molecule has 1 aromatic carbocycles. The monoisotopic (exact) mass is 323 g/mol. The minimum atomic E-state index is -0.310. The van der Waals surface area contributed by atoms with Crippen molar-refractivity contribution in [3.8, 4) is 11.3 Å². The van der Waals surface area contributed by atoms with E-state index < -0.39 is 0 Å². The van der Waals surface area contributed by atoms with Crippen LogP contribution in [0.4, 0.5) is 10.2 Å². The minimum absolute atomic E-state index is 0.310. The van der Waals surface area contributed by atoms with Gasteiger partial charge in [0.1, 0.15) is 5.82 Å². The summed E-state index contributed by atoms with van der Waals surface area (Å²) in [5.74, 6) is 0.439. The first-order valence-electron chi connectivity index (χ1n) is 6.08. The maximum absolute atomic E-state index is 14.1. The van der Waals surface area contributed by atoms with Crippen molar-refractivity contribution in [3.63, 3.8) is 0 Å². The molecule has 0 radical (unpaired) electrons. The number of nitrogens with one attached hydrogen (secondary N) is 1. The van der Waals surface area contributed by atoms with Crippen LogP contribution < -0.4 is 5.32 Å². The molecule has 0 amide bonds. The number of halogens is 2. The third kappa shape index (κ3) is 2.61. The van der Waals surface area contributed by atoms with E-state index in [1.54, 1.807) is 18.2 Å². The van der Waals surface area contributed by atoms with Gasteiger partial charge in [0.2, 0.25) is 0 Å². The molecule has 100 valence electrons. The Balaban J connectivity index is 2.58. The summed E-state index contributed by atoms with van der Waals surface area (Å²) in [4.78, 5) is 0. The van der Waals surface area contributed by atoms with Crippen LogP contribution in [0.15, 0.2) is 22.7 Å². The van der Waals surface area contributed by atoms with E-state index in [1.807, 2.05) is 20.8 Å². The predicted octanol–water partition coefficient (Wildman–Crippen LogP) is 4.09. The van der Waals surface area contributed by atoms with Crippen molar-refractivity contribution in [2.75, 3.05) is 11.9 Å². The molecule has 2 rings (SSSR count). The summed E-state index contributed by atoms with van der Waals surface area (Å²) in [6.45, 7) is 6.67. The fourth-order valence-corrected chi connectivity index (χ4v) is 2.25. The van der Waals surface area contributed by atoms with E-state index in [2.05, 4.69) is 31.4 Å². The maximum Gasteiger partial charge on any atom is 0.151 e. The molecule has 0 bridgehead atoms. The van der Waals surface area contributed by atoms with Crippen molar-refractivity contribution in [2.45, 2.75) is 20.8 Å². The molecule has 3 nitrogen and oxygen atoms in total. The van der Waals surface area contributed by atoms with Gasteiger partial charge in [0.25, 0.3) is 0 Å². The van der Waals surface area contributed by atoms with Crippen molar-refractivity contribution in [3.05, 3.63) is 39.6 Å². The first-order valence-corrected chi connectivity index (χ1v) is 6.87. The van der Waals surface area contributed by atoms with Gasteiger partial charge in [-0.25, -0.2) is 4.39 Å². The molecule has 0 aliphatic heterocycles. The highest BCUT2D eigenvalue weighted by molar-refractivity contribution is 9.10. The first kappa shape index (κ1) is 13.9. The quantitative estimate of drug-likeness (QED) is 0.924. The van der Waals surface area contributed by atoms with Gasteiger partial charge in [0, 0.05) is 12.1 Å². The van der Waals surface area contributed by atoms with E-state index in [0.717, 1.165) is 23.5 Å². The van der Waals surface area contributed by atoms with E-state index >= 15 is 0 Å². The molecule has 1 heterocycles. The zero-order valence-corrected chi connectivity index (χ0v) is 12.7. The van der Waals surface area contributed by atoms with Gasteiger partial charge in [-0.15, -0.1) is 10.2 Å². The Morgan fingerprint density at radius 3 is 2.63 bits per heavy atom. The SMILES string of the molecule is CCNc1nnc(-c2cccc(Br)c2F)c(C)c1C. The van der Waals surface area contributed by atoms with E-state index in [1.165, 1.54) is 0 Å². The summed E-state index contributed by atoms with van der Waals surface area (Å²) in [5, 5.41) is 11.4. The Kier molecular flexibility index (Phi) is 4.14. The molecule has 0 aliphatic rings. The molecule has 0 saturated carbocycles. The highest BCUT2D eigenvalue weighted by Gasteiger charge is 2.15. The van der Waals surface area contributed by atoms with Gasteiger partial charge in [0.05, 0.1) is 10.2 Å². The molecular formula is C14H15BrFN3. The molecular weight excluding hydrogens is 309 g/mol. The van der Waals surface area contributed by atoms with E-state index in [9.17, 15) is 4.39 Å². The van der Waals surface area contributed by atoms with Crippen molar-refractivity contribution >= 4 is 21.7 Å². The average Bonchev–Trinajstić information content (AvgIpc) is 2.39. The number of hydrogen-bond donors (Lipinski definition) is 1. The number of aromatic nitrogens is 2. The zero-order chi connectivity index (χ0) is 14.0. The topological polar surface area (TPSA) is 37.8 Å². The van der Waals surface area contributed by atoms with Crippen LogP contribution in [0.25, 0.3) is 11.3 Å². The molecule has 2 aromatic rings. The van der Waals surface area contributed by atoms with E-state index in [0.29, 0.717) is 15.7 Å². The molecule has 0 unspecified atom stereocenters.